The summed E-state index contributed by atoms with van der Waals surface area (Å²) in [6.45, 7) is 6.95. The van der Waals surface area contributed by atoms with Crippen LogP contribution in [-0.4, -0.2) is 49.6 Å². The Bertz CT molecular complexity index is 1010. The third-order valence-electron chi connectivity index (χ3n) is 4.85. The van der Waals surface area contributed by atoms with Gasteiger partial charge in [0.2, 0.25) is 0 Å². The molecule has 3 aliphatic rings. The average Bonchev–Trinajstić information content (AvgIpc) is 3.21. The van der Waals surface area contributed by atoms with E-state index in [1.807, 2.05) is 39.0 Å². The van der Waals surface area contributed by atoms with Gasteiger partial charge in [-0.3, -0.25) is 0 Å². The molecule has 8 heteroatoms. The number of carbonyl (C=O) groups excluding carboxylic acids is 1. The maximum absolute atomic E-state index is 12.2. The zero-order valence-electron chi connectivity index (χ0n) is 16.1. The molecule has 1 amide bonds. The Hall–Kier alpha value is -2.35. The summed E-state index contributed by atoms with van der Waals surface area (Å²) < 4.78 is 7.43. The van der Waals surface area contributed by atoms with Crippen LogP contribution < -0.4 is 0 Å². The number of hydrogen-bond donors (Lipinski definition) is 1. The Morgan fingerprint density at radius 1 is 1.36 bits per heavy atom. The number of pyridine rings is 1. The summed E-state index contributed by atoms with van der Waals surface area (Å²) in [5.41, 5.74) is 1.63. The smallest absolute Gasteiger partial charge is 0.410 e. The molecule has 3 heterocycles. The molecule has 0 aromatic heterocycles. The predicted octanol–water partition coefficient (Wildman–Crippen LogP) is 4.34. The zero-order chi connectivity index (χ0) is 20.1. The monoisotopic (exact) mass is 446 g/mol. The van der Waals surface area contributed by atoms with E-state index in [1.54, 1.807) is 11.1 Å². The minimum atomic E-state index is -0.489. The fourth-order valence-electron chi connectivity index (χ4n) is 3.61. The van der Waals surface area contributed by atoms with Crippen LogP contribution in [0, 0.1) is 5.92 Å². The van der Waals surface area contributed by atoms with Crippen LogP contribution in [0.3, 0.4) is 0 Å². The summed E-state index contributed by atoms with van der Waals surface area (Å²) in [6.07, 6.45) is 2.92. The van der Waals surface area contributed by atoms with Crippen LogP contribution in [0.4, 0.5) is 4.79 Å². The number of rotatable bonds is 2. The number of aromatic nitrogens is 3. The molecule has 7 nitrogen and oxygen atoms in total. The van der Waals surface area contributed by atoms with Crippen molar-refractivity contribution in [3.05, 3.63) is 34.7 Å². The van der Waals surface area contributed by atoms with Crippen molar-refractivity contribution in [2.45, 2.75) is 39.2 Å². The number of likely N-dealkylation sites (tertiary alicyclic amines) is 1. The molecule has 0 aliphatic carbocycles. The molecule has 0 radical (unpaired) electrons. The van der Waals surface area contributed by atoms with Crippen LogP contribution in [0.25, 0.3) is 22.3 Å². The largest absolute Gasteiger partial charge is 0.444 e. The van der Waals surface area contributed by atoms with E-state index in [2.05, 4.69) is 20.9 Å². The molecule has 1 N–H and O–H groups in total. The lowest BCUT2D eigenvalue weighted by Crippen LogP contribution is -2.35. The van der Waals surface area contributed by atoms with E-state index in [-0.39, 0.29) is 6.09 Å². The maximum Gasteiger partial charge on any atom is 0.410 e. The second-order valence-electron chi connectivity index (χ2n) is 8.29. The first-order valence-electron chi connectivity index (χ1n) is 9.34. The molecular formula is C20H23BrN4O3. The van der Waals surface area contributed by atoms with Crippen molar-refractivity contribution in [3.8, 4) is 11.4 Å². The molecule has 1 aromatic rings. The van der Waals surface area contributed by atoms with Crippen LogP contribution in [0.5, 0.6) is 0 Å². The molecule has 3 aliphatic heterocycles. The first-order valence-corrected chi connectivity index (χ1v) is 10.1. The van der Waals surface area contributed by atoms with Gasteiger partial charge in [0.25, 0.3) is 0 Å². The topological polar surface area (TPSA) is 80.5 Å². The standard InChI is InChI=1S/C20H23BrN4O3/c1-20(2,3)28-19(26)24-7-6-12(10-24)8-17-22-15-11-25(27)16-9-13(21)4-5-14(16)18(15)23-17/h4-5,9,11-12,27H,6-8,10H2,1-3H3. The number of nitrogens with zero attached hydrogens (tertiary/aromatic N) is 4. The van der Waals surface area contributed by atoms with Gasteiger partial charge in [0, 0.05) is 29.4 Å². The average molecular weight is 447 g/mol. The summed E-state index contributed by atoms with van der Waals surface area (Å²) in [4.78, 5) is 23.3. The Morgan fingerprint density at radius 3 is 2.89 bits per heavy atom. The molecule has 1 unspecified atom stereocenters. The molecule has 1 atom stereocenters. The highest BCUT2D eigenvalue weighted by Crippen LogP contribution is 2.31. The molecule has 0 spiro atoms. The molecule has 0 bridgehead atoms. The van der Waals surface area contributed by atoms with E-state index >= 15 is 0 Å². The molecule has 1 fully saturated rings. The summed E-state index contributed by atoms with van der Waals surface area (Å²) in [5, 5.41) is 11.1. The number of amides is 1. The Labute approximate surface area is 171 Å². The Kier molecular flexibility index (Phi) is 4.69. The van der Waals surface area contributed by atoms with Crippen molar-refractivity contribution in [1.29, 1.82) is 0 Å². The van der Waals surface area contributed by atoms with E-state index in [0.717, 1.165) is 32.5 Å². The molecule has 28 heavy (non-hydrogen) atoms. The number of hydrogen-bond acceptors (Lipinski definition) is 5. The van der Waals surface area contributed by atoms with Crippen molar-refractivity contribution in [2.75, 3.05) is 13.1 Å². The van der Waals surface area contributed by atoms with E-state index in [0.29, 0.717) is 36.6 Å². The molecular weight excluding hydrogens is 424 g/mol. The van der Waals surface area contributed by atoms with Crippen LogP contribution >= 0.6 is 15.9 Å². The van der Waals surface area contributed by atoms with Crippen LogP contribution in [0.1, 0.15) is 33.0 Å². The number of benzene rings is 1. The summed E-state index contributed by atoms with van der Waals surface area (Å²) >= 11 is 3.43. The number of halogens is 1. The van der Waals surface area contributed by atoms with Crippen molar-refractivity contribution < 1.29 is 14.7 Å². The Balaban J connectivity index is 1.53. The van der Waals surface area contributed by atoms with E-state index in [1.165, 1.54) is 0 Å². The normalized spacial score (nSPS) is 17.6. The lowest BCUT2D eigenvalue weighted by Gasteiger charge is -2.24. The van der Waals surface area contributed by atoms with Gasteiger partial charge in [-0.15, -0.1) is 0 Å². The Morgan fingerprint density at radius 2 is 2.14 bits per heavy atom. The second-order valence-corrected chi connectivity index (χ2v) is 9.21. The van der Waals surface area contributed by atoms with Crippen LogP contribution in [-0.2, 0) is 11.2 Å². The van der Waals surface area contributed by atoms with Gasteiger partial charge in [0.05, 0.1) is 11.7 Å². The van der Waals surface area contributed by atoms with Gasteiger partial charge in [-0.2, -0.15) is 4.73 Å². The number of ether oxygens (including phenoxy) is 1. The van der Waals surface area contributed by atoms with E-state index < -0.39 is 5.60 Å². The molecule has 0 saturated carbocycles. The van der Waals surface area contributed by atoms with Gasteiger partial charge in [0.15, 0.2) is 0 Å². The summed E-state index contributed by atoms with van der Waals surface area (Å²) in [7, 11) is 0. The second kappa shape index (κ2) is 6.92. The molecule has 148 valence electrons. The number of fused-ring (bicyclic) bond motifs is 3. The van der Waals surface area contributed by atoms with E-state index in [4.69, 9.17) is 9.72 Å². The predicted molar refractivity (Wildman–Crippen MR) is 109 cm³/mol. The lowest BCUT2D eigenvalue weighted by atomic mass is 10.1. The fourth-order valence-corrected chi connectivity index (χ4v) is 3.96. The minimum absolute atomic E-state index is 0.263. The van der Waals surface area contributed by atoms with Crippen molar-refractivity contribution in [1.82, 2.24) is 19.6 Å². The summed E-state index contributed by atoms with van der Waals surface area (Å²) in [6, 6.07) is 5.69. The third-order valence-corrected chi connectivity index (χ3v) is 5.34. The first kappa shape index (κ1) is 19.0. The first-order chi connectivity index (χ1) is 13.2. The fraction of sp³-hybridized carbons (Fsp3) is 0.450. The van der Waals surface area contributed by atoms with E-state index in [9.17, 15) is 10.0 Å². The van der Waals surface area contributed by atoms with Crippen molar-refractivity contribution >= 4 is 32.9 Å². The highest BCUT2D eigenvalue weighted by molar-refractivity contribution is 9.10. The highest BCUT2D eigenvalue weighted by Gasteiger charge is 2.31. The van der Waals surface area contributed by atoms with Gasteiger partial charge in [-0.1, -0.05) is 15.9 Å². The van der Waals surface area contributed by atoms with Gasteiger partial charge >= 0.3 is 6.09 Å². The van der Waals surface area contributed by atoms with Gasteiger partial charge in [-0.25, -0.2) is 14.8 Å². The highest BCUT2D eigenvalue weighted by atomic mass is 79.9. The lowest BCUT2D eigenvalue weighted by molar-refractivity contribution is 0.0288. The maximum atomic E-state index is 12.2. The zero-order valence-corrected chi connectivity index (χ0v) is 17.7. The van der Waals surface area contributed by atoms with Crippen LogP contribution in [0.15, 0.2) is 28.9 Å². The number of imidazole rings is 1. The molecule has 1 aromatic carbocycles. The van der Waals surface area contributed by atoms with Gasteiger partial charge in [-0.05, 0) is 51.3 Å². The summed E-state index contributed by atoms with van der Waals surface area (Å²) in [5.74, 6) is 1.03. The van der Waals surface area contributed by atoms with Gasteiger partial charge < -0.3 is 14.8 Å². The molecule has 1 saturated heterocycles. The van der Waals surface area contributed by atoms with Gasteiger partial charge in [0.1, 0.15) is 22.8 Å². The minimum Gasteiger partial charge on any atom is -0.444 e. The third kappa shape index (κ3) is 3.78. The quantitative estimate of drug-likeness (QED) is 0.592. The van der Waals surface area contributed by atoms with Crippen molar-refractivity contribution in [3.63, 3.8) is 0 Å². The number of carbonyl (C=O) groups is 1. The van der Waals surface area contributed by atoms with Crippen molar-refractivity contribution in [2.24, 2.45) is 5.92 Å². The van der Waals surface area contributed by atoms with Crippen LogP contribution in [0.2, 0.25) is 0 Å². The SMILES string of the molecule is CC(C)(C)OC(=O)N1CCC(Cc2nc3cn(O)c4cc(Br)ccc4c-3n2)C1. The molecule has 4 rings (SSSR count).